The molecule has 0 aromatic carbocycles. The molecule has 0 saturated heterocycles. The van der Waals surface area contributed by atoms with Crippen LogP contribution >= 0.6 is 0 Å². The average molecular weight is 280 g/mol. The van der Waals surface area contributed by atoms with Gasteiger partial charge in [0.2, 0.25) is 0 Å². The molecule has 0 bridgehead atoms. The van der Waals surface area contributed by atoms with Crippen molar-refractivity contribution in [2.75, 3.05) is 14.2 Å². The van der Waals surface area contributed by atoms with E-state index in [0.29, 0.717) is 18.1 Å². The second-order valence-corrected chi connectivity index (χ2v) is 6.31. The lowest BCUT2D eigenvalue weighted by Gasteiger charge is -2.44. The third-order valence-corrected chi connectivity index (χ3v) is 5.43. The Balaban J connectivity index is 1.96. The van der Waals surface area contributed by atoms with Gasteiger partial charge in [-0.3, -0.25) is 4.79 Å². The van der Waals surface area contributed by atoms with Crippen LogP contribution in [0.4, 0.5) is 0 Å². The molecular weight excluding hydrogens is 256 g/mol. The fraction of sp³-hybridized carbons (Fsp3) is 0.812. The Morgan fingerprint density at radius 3 is 2.65 bits per heavy atom. The van der Waals surface area contributed by atoms with Crippen molar-refractivity contribution in [2.24, 2.45) is 11.8 Å². The molecule has 0 aromatic rings. The van der Waals surface area contributed by atoms with E-state index in [0.717, 1.165) is 37.7 Å². The van der Waals surface area contributed by atoms with Crippen LogP contribution in [0.5, 0.6) is 0 Å². The van der Waals surface area contributed by atoms with Gasteiger partial charge in [0.15, 0.2) is 5.78 Å². The smallest absolute Gasteiger partial charge is 0.158 e. The summed E-state index contributed by atoms with van der Waals surface area (Å²) >= 11 is 0. The predicted octanol–water partition coefficient (Wildman–Crippen LogP) is 1.86. The lowest BCUT2D eigenvalue weighted by molar-refractivity contribution is -0.148. The molecule has 1 N–H and O–H groups in total. The number of Topliss-reactive ketones (excluding diaryl/α,β-unsaturated/α-hetero) is 1. The monoisotopic (exact) mass is 280 g/mol. The summed E-state index contributed by atoms with van der Waals surface area (Å²) < 4.78 is 11.0. The first-order valence-electron chi connectivity index (χ1n) is 7.66. The standard InChI is InChI=1S/C16H24O4/c1-19-13-8-9-6-7-12(17)10-4-3-5-11(10)14(9)15(18)16(13)20-2/h9,13-16,18H,3-8H2,1-2H3. The highest BCUT2D eigenvalue weighted by molar-refractivity contribution is 5.97. The normalized spacial score (nSPS) is 41.4. The van der Waals surface area contributed by atoms with Gasteiger partial charge >= 0.3 is 0 Å². The molecule has 1 saturated carbocycles. The highest BCUT2D eigenvalue weighted by Gasteiger charge is 2.48. The predicted molar refractivity (Wildman–Crippen MR) is 74.3 cm³/mol. The maximum Gasteiger partial charge on any atom is 0.158 e. The molecule has 0 amide bonds. The molecule has 5 unspecified atom stereocenters. The maximum atomic E-state index is 12.2. The zero-order valence-corrected chi connectivity index (χ0v) is 12.3. The number of carbonyl (C=O) groups is 1. The van der Waals surface area contributed by atoms with Gasteiger partial charge in [0.05, 0.1) is 12.2 Å². The van der Waals surface area contributed by atoms with E-state index >= 15 is 0 Å². The molecule has 20 heavy (non-hydrogen) atoms. The topological polar surface area (TPSA) is 55.8 Å². The number of hydrogen-bond donors (Lipinski definition) is 1. The van der Waals surface area contributed by atoms with Crippen molar-refractivity contribution in [1.82, 2.24) is 0 Å². The van der Waals surface area contributed by atoms with Gasteiger partial charge in [0.1, 0.15) is 6.10 Å². The molecule has 3 rings (SSSR count). The van der Waals surface area contributed by atoms with Crippen molar-refractivity contribution in [3.8, 4) is 0 Å². The SMILES string of the molecule is COC1CC2CCC(=O)C3=C(CCC3)C2C(O)C1OC. The van der Waals surface area contributed by atoms with Crippen molar-refractivity contribution in [1.29, 1.82) is 0 Å². The van der Waals surface area contributed by atoms with Gasteiger partial charge < -0.3 is 14.6 Å². The van der Waals surface area contributed by atoms with Crippen LogP contribution in [0.25, 0.3) is 0 Å². The summed E-state index contributed by atoms with van der Waals surface area (Å²) in [6, 6.07) is 0. The fourth-order valence-electron chi connectivity index (χ4n) is 4.51. The first-order valence-corrected chi connectivity index (χ1v) is 7.66. The summed E-state index contributed by atoms with van der Waals surface area (Å²) in [5.74, 6) is 0.744. The first kappa shape index (κ1) is 14.2. The van der Waals surface area contributed by atoms with Crippen LogP contribution in [0.2, 0.25) is 0 Å². The highest BCUT2D eigenvalue weighted by Crippen LogP contribution is 2.47. The minimum atomic E-state index is -0.558. The molecule has 0 aromatic heterocycles. The lowest BCUT2D eigenvalue weighted by Crippen LogP contribution is -2.52. The number of aliphatic hydroxyl groups is 1. The molecule has 112 valence electrons. The number of hydrogen-bond acceptors (Lipinski definition) is 4. The second kappa shape index (κ2) is 5.58. The molecule has 4 nitrogen and oxygen atoms in total. The molecule has 3 aliphatic carbocycles. The molecular formula is C16H24O4. The molecule has 0 aliphatic heterocycles. The Bertz CT molecular complexity index is 428. The van der Waals surface area contributed by atoms with Gasteiger partial charge in [-0.15, -0.1) is 0 Å². The number of ether oxygens (including phenoxy) is 2. The van der Waals surface area contributed by atoms with E-state index < -0.39 is 6.10 Å². The lowest BCUT2D eigenvalue weighted by atomic mass is 9.69. The minimum absolute atomic E-state index is 0.0742. The summed E-state index contributed by atoms with van der Waals surface area (Å²) in [4.78, 5) is 12.2. The summed E-state index contributed by atoms with van der Waals surface area (Å²) in [5, 5.41) is 10.8. The molecule has 0 radical (unpaired) electrons. The molecule has 1 fully saturated rings. The van der Waals surface area contributed by atoms with Crippen molar-refractivity contribution >= 4 is 5.78 Å². The Kier molecular flexibility index (Phi) is 3.98. The van der Waals surface area contributed by atoms with E-state index in [1.54, 1.807) is 14.2 Å². The van der Waals surface area contributed by atoms with Crippen molar-refractivity contribution in [2.45, 2.75) is 56.8 Å². The van der Waals surface area contributed by atoms with Crippen LogP contribution in [0.1, 0.15) is 38.5 Å². The molecule has 4 heteroatoms. The number of allylic oxidation sites excluding steroid dienone is 1. The van der Waals surface area contributed by atoms with Gasteiger partial charge in [-0.25, -0.2) is 0 Å². The highest BCUT2D eigenvalue weighted by atomic mass is 16.5. The van der Waals surface area contributed by atoms with Crippen molar-refractivity contribution < 1.29 is 19.4 Å². The average Bonchev–Trinajstić information content (AvgIpc) is 2.88. The summed E-state index contributed by atoms with van der Waals surface area (Å²) in [6.45, 7) is 0. The number of ketones is 1. The third-order valence-electron chi connectivity index (χ3n) is 5.43. The molecule has 0 spiro atoms. The number of fused-ring (bicyclic) bond motifs is 2. The van der Waals surface area contributed by atoms with Crippen LogP contribution in [0, 0.1) is 11.8 Å². The maximum absolute atomic E-state index is 12.2. The van der Waals surface area contributed by atoms with Crippen molar-refractivity contribution in [3.63, 3.8) is 0 Å². The van der Waals surface area contributed by atoms with E-state index in [9.17, 15) is 9.90 Å². The quantitative estimate of drug-likeness (QED) is 0.839. The van der Waals surface area contributed by atoms with E-state index in [-0.39, 0.29) is 18.1 Å². The largest absolute Gasteiger partial charge is 0.390 e. The van der Waals surface area contributed by atoms with Gasteiger partial charge in [-0.05, 0) is 43.6 Å². The van der Waals surface area contributed by atoms with Gasteiger partial charge in [-0.2, -0.15) is 0 Å². The van der Waals surface area contributed by atoms with E-state index in [2.05, 4.69) is 0 Å². The number of rotatable bonds is 2. The first-order chi connectivity index (χ1) is 9.67. The van der Waals surface area contributed by atoms with Crippen LogP contribution in [-0.4, -0.2) is 43.4 Å². The summed E-state index contributed by atoms with van der Waals surface area (Å²) in [5.41, 5.74) is 2.24. The Hall–Kier alpha value is -0.710. The van der Waals surface area contributed by atoms with Crippen molar-refractivity contribution in [3.05, 3.63) is 11.1 Å². The van der Waals surface area contributed by atoms with E-state index in [1.807, 2.05) is 0 Å². The zero-order chi connectivity index (χ0) is 14.3. The number of carbonyl (C=O) groups excluding carboxylic acids is 1. The van der Waals surface area contributed by atoms with E-state index in [1.165, 1.54) is 5.57 Å². The van der Waals surface area contributed by atoms with Gasteiger partial charge in [0.25, 0.3) is 0 Å². The van der Waals surface area contributed by atoms with E-state index in [4.69, 9.17) is 9.47 Å². The third kappa shape index (κ3) is 2.14. The number of methoxy groups -OCH3 is 2. The van der Waals surface area contributed by atoms with Gasteiger partial charge in [0, 0.05) is 26.6 Å². The zero-order valence-electron chi connectivity index (χ0n) is 12.3. The Morgan fingerprint density at radius 1 is 1.15 bits per heavy atom. The molecule has 0 heterocycles. The minimum Gasteiger partial charge on any atom is -0.390 e. The summed E-state index contributed by atoms with van der Waals surface area (Å²) in [6.07, 6.45) is 4.36. The van der Waals surface area contributed by atoms with Crippen LogP contribution in [0.3, 0.4) is 0 Å². The van der Waals surface area contributed by atoms with Gasteiger partial charge in [-0.1, -0.05) is 5.57 Å². The second-order valence-electron chi connectivity index (χ2n) is 6.31. The summed E-state index contributed by atoms with van der Waals surface area (Å²) in [7, 11) is 3.30. The fourth-order valence-corrected chi connectivity index (χ4v) is 4.51. The Morgan fingerprint density at radius 2 is 1.95 bits per heavy atom. The number of aliphatic hydroxyl groups excluding tert-OH is 1. The van der Waals surface area contributed by atoms with Crippen LogP contribution in [0.15, 0.2) is 11.1 Å². The molecule has 5 atom stereocenters. The molecule has 3 aliphatic rings. The Labute approximate surface area is 120 Å². The van der Waals surface area contributed by atoms with Crippen LogP contribution in [-0.2, 0) is 14.3 Å². The van der Waals surface area contributed by atoms with Crippen LogP contribution < -0.4 is 0 Å².